The average molecular weight is 204 g/mol. The second-order valence-corrected chi connectivity index (χ2v) is 4.09. The summed E-state index contributed by atoms with van der Waals surface area (Å²) < 4.78 is 0. The average Bonchev–Trinajstić information content (AvgIpc) is 2.16. The van der Waals surface area contributed by atoms with Crippen LogP contribution in [0.25, 0.3) is 0 Å². The summed E-state index contributed by atoms with van der Waals surface area (Å²) in [5.74, 6) is -0.0508. The molecule has 1 aromatic carbocycles. The Labute approximate surface area is 89.7 Å². The molecule has 0 fully saturated rings. The molecule has 1 amide bonds. The summed E-state index contributed by atoms with van der Waals surface area (Å²) in [6.07, 6.45) is 4.58. The number of carbonyl (C=O) groups is 1. The summed E-state index contributed by atoms with van der Waals surface area (Å²) in [4.78, 5) is 10.9. The van der Waals surface area contributed by atoms with Gasteiger partial charge < -0.3 is 11.1 Å². The van der Waals surface area contributed by atoms with Crippen molar-refractivity contribution in [3.8, 4) is 0 Å². The van der Waals surface area contributed by atoms with Gasteiger partial charge in [-0.2, -0.15) is 0 Å². The van der Waals surface area contributed by atoms with Crippen molar-refractivity contribution in [2.75, 3.05) is 11.1 Å². The third kappa shape index (κ3) is 2.12. The van der Waals surface area contributed by atoms with Crippen LogP contribution < -0.4 is 11.1 Å². The summed E-state index contributed by atoms with van der Waals surface area (Å²) in [5, 5.41) is 2.78. The lowest BCUT2D eigenvalue weighted by Gasteiger charge is -2.19. The minimum Gasteiger partial charge on any atom is -0.398 e. The predicted molar refractivity (Wildman–Crippen MR) is 61.8 cm³/mol. The smallest absolute Gasteiger partial charge is 0.221 e. The lowest BCUT2D eigenvalue weighted by molar-refractivity contribution is -0.114. The number of aryl methyl sites for hydroxylation is 1. The highest BCUT2D eigenvalue weighted by atomic mass is 16.1. The number of hydrogen-bond donors (Lipinski definition) is 2. The molecule has 3 N–H and O–H groups in total. The lowest BCUT2D eigenvalue weighted by atomic mass is 9.90. The van der Waals surface area contributed by atoms with Crippen molar-refractivity contribution in [1.82, 2.24) is 0 Å². The van der Waals surface area contributed by atoms with Gasteiger partial charge in [-0.15, -0.1) is 0 Å². The summed E-state index contributed by atoms with van der Waals surface area (Å²) in [7, 11) is 0. The van der Waals surface area contributed by atoms with Crippen LogP contribution in [0.2, 0.25) is 0 Å². The SMILES string of the molecule is CC(=O)Nc1cc(N)c2c(c1)CCCC2. The second kappa shape index (κ2) is 3.93. The van der Waals surface area contributed by atoms with Crippen LogP contribution in [0.5, 0.6) is 0 Å². The largest absolute Gasteiger partial charge is 0.398 e. The molecule has 80 valence electrons. The number of nitrogens with one attached hydrogen (secondary N) is 1. The second-order valence-electron chi connectivity index (χ2n) is 4.09. The molecule has 2 rings (SSSR count). The van der Waals surface area contributed by atoms with Gasteiger partial charge in [-0.3, -0.25) is 4.79 Å². The van der Waals surface area contributed by atoms with Gasteiger partial charge >= 0.3 is 0 Å². The molecule has 0 aromatic heterocycles. The van der Waals surface area contributed by atoms with E-state index >= 15 is 0 Å². The van der Waals surface area contributed by atoms with E-state index in [2.05, 4.69) is 5.32 Å². The normalized spacial score (nSPS) is 14.5. The van der Waals surface area contributed by atoms with Gasteiger partial charge in [0, 0.05) is 18.3 Å². The molecule has 0 atom stereocenters. The maximum absolute atomic E-state index is 10.9. The van der Waals surface area contributed by atoms with Crippen LogP contribution in [0.3, 0.4) is 0 Å². The zero-order chi connectivity index (χ0) is 10.8. The molecule has 0 bridgehead atoms. The number of nitrogens with two attached hydrogens (primary N) is 1. The number of fused-ring (bicyclic) bond motifs is 1. The molecule has 1 aromatic rings. The van der Waals surface area contributed by atoms with E-state index in [-0.39, 0.29) is 5.91 Å². The highest BCUT2D eigenvalue weighted by Crippen LogP contribution is 2.29. The third-order valence-electron chi connectivity index (χ3n) is 2.82. The standard InChI is InChI=1S/C12H16N2O/c1-8(15)14-10-6-9-4-2-3-5-11(9)12(13)7-10/h6-7H,2-5,13H2,1H3,(H,14,15). The van der Waals surface area contributed by atoms with Gasteiger partial charge in [0.15, 0.2) is 0 Å². The Morgan fingerprint density at radius 2 is 2.07 bits per heavy atom. The summed E-state index contributed by atoms with van der Waals surface area (Å²) >= 11 is 0. The first-order chi connectivity index (χ1) is 7.16. The summed E-state index contributed by atoms with van der Waals surface area (Å²) in [6.45, 7) is 1.51. The first-order valence-corrected chi connectivity index (χ1v) is 5.35. The Kier molecular flexibility index (Phi) is 2.62. The quantitative estimate of drug-likeness (QED) is 0.688. The number of benzene rings is 1. The van der Waals surface area contributed by atoms with E-state index < -0.39 is 0 Å². The van der Waals surface area contributed by atoms with E-state index in [0.717, 1.165) is 24.2 Å². The fourth-order valence-corrected chi connectivity index (χ4v) is 2.18. The predicted octanol–water partition coefficient (Wildman–Crippen LogP) is 2.11. The van der Waals surface area contributed by atoms with E-state index in [9.17, 15) is 4.79 Å². The molecule has 3 heteroatoms. The molecule has 0 unspecified atom stereocenters. The number of nitrogen functional groups attached to an aromatic ring is 1. The molecular formula is C12H16N2O. The Balaban J connectivity index is 2.36. The Morgan fingerprint density at radius 3 is 2.80 bits per heavy atom. The summed E-state index contributed by atoms with van der Waals surface area (Å²) in [5.41, 5.74) is 10.2. The molecule has 15 heavy (non-hydrogen) atoms. The van der Waals surface area contributed by atoms with Crippen LogP contribution in [0, 0.1) is 0 Å². The zero-order valence-corrected chi connectivity index (χ0v) is 8.97. The van der Waals surface area contributed by atoms with Gasteiger partial charge in [-0.05, 0) is 48.9 Å². The van der Waals surface area contributed by atoms with Gasteiger partial charge in [-0.25, -0.2) is 0 Å². The number of rotatable bonds is 1. The van der Waals surface area contributed by atoms with E-state index in [1.807, 2.05) is 12.1 Å². The number of anilines is 2. The minimum atomic E-state index is -0.0508. The van der Waals surface area contributed by atoms with Crippen molar-refractivity contribution in [3.05, 3.63) is 23.3 Å². The molecule has 0 heterocycles. The van der Waals surface area contributed by atoms with Crippen LogP contribution in [-0.2, 0) is 17.6 Å². The van der Waals surface area contributed by atoms with Crippen LogP contribution in [0.1, 0.15) is 30.9 Å². The highest BCUT2D eigenvalue weighted by Gasteiger charge is 2.13. The van der Waals surface area contributed by atoms with Crippen LogP contribution >= 0.6 is 0 Å². The maximum Gasteiger partial charge on any atom is 0.221 e. The third-order valence-corrected chi connectivity index (χ3v) is 2.82. The Morgan fingerprint density at radius 1 is 1.33 bits per heavy atom. The van der Waals surface area contributed by atoms with Gasteiger partial charge in [0.1, 0.15) is 0 Å². The fourth-order valence-electron chi connectivity index (χ4n) is 2.18. The van der Waals surface area contributed by atoms with Crippen LogP contribution in [0.15, 0.2) is 12.1 Å². The topological polar surface area (TPSA) is 55.1 Å². The molecular weight excluding hydrogens is 188 g/mol. The van der Waals surface area contributed by atoms with Crippen molar-refractivity contribution in [2.45, 2.75) is 32.6 Å². The molecule has 0 spiro atoms. The van der Waals surface area contributed by atoms with E-state index in [1.54, 1.807) is 0 Å². The molecule has 1 aliphatic rings. The first kappa shape index (κ1) is 10.0. The number of amides is 1. The fraction of sp³-hybridized carbons (Fsp3) is 0.417. The van der Waals surface area contributed by atoms with Crippen LogP contribution in [-0.4, -0.2) is 5.91 Å². The highest BCUT2D eigenvalue weighted by molar-refractivity contribution is 5.89. The number of carbonyl (C=O) groups excluding carboxylic acids is 1. The Hall–Kier alpha value is -1.51. The molecule has 0 saturated carbocycles. The zero-order valence-electron chi connectivity index (χ0n) is 8.97. The van der Waals surface area contributed by atoms with Gasteiger partial charge in [0.25, 0.3) is 0 Å². The van der Waals surface area contributed by atoms with Gasteiger partial charge in [0.2, 0.25) is 5.91 Å². The van der Waals surface area contributed by atoms with Crippen molar-refractivity contribution in [2.24, 2.45) is 0 Å². The van der Waals surface area contributed by atoms with Crippen molar-refractivity contribution >= 4 is 17.3 Å². The Bertz CT molecular complexity index is 399. The molecule has 1 aliphatic carbocycles. The van der Waals surface area contributed by atoms with E-state index in [4.69, 9.17) is 5.73 Å². The van der Waals surface area contributed by atoms with Crippen molar-refractivity contribution in [1.29, 1.82) is 0 Å². The van der Waals surface area contributed by atoms with Crippen molar-refractivity contribution in [3.63, 3.8) is 0 Å². The van der Waals surface area contributed by atoms with E-state index in [1.165, 1.54) is 30.9 Å². The lowest BCUT2D eigenvalue weighted by Crippen LogP contribution is -2.10. The molecule has 3 nitrogen and oxygen atoms in total. The van der Waals surface area contributed by atoms with Crippen LogP contribution in [0.4, 0.5) is 11.4 Å². The van der Waals surface area contributed by atoms with Crippen molar-refractivity contribution < 1.29 is 4.79 Å². The molecule has 0 aliphatic heterocycles. The maximum atomic E-state index is 10.9. The summed E-state index contributed by atoms with van der Waals surface area (Å²) in [6, 6.07) is 3.90. The first-order valence-electron chi connectivity index (χ1n) is 5.35. The van der Waals surface area contributed by atoms with E-state index in [0.29, 0.717) is 0 Å². The van der Waals surface area contributed by atoms with Gasteiger partial charge in [-0.1, -0.05) is 0 Å². The monoisotopic (exact) mass is 204 g/mol. The number of hydrogen-bond acceptors (Lipinski definition) is 2. The molecule has 0 saturated heterocycles. The molecule has 0 radical (unpaired) electrons. The minimum absolute atomic E-state index is 0.0508. The van der Waals surface area contributed by atoms with Gasteiger partial charge in [0.05, 0.1) is 0 Å².